The Labute approximate surface area is 150 Å². The topological polar surface area (TPSA) is 124 Å². The molecule has 134 valence electrons. The summed E-state index contributed by atoms with van der Waals surface area (Å²) in [5, 5.41) is 11.0. The molecule has 0 amide bonds. The van der Waals surface area contributed by atoms with Crippen LogP contribution in [0.25, 0.3) is 10.2 Å². The quantitative estimate of drug-likeness (QED) is 0.413. The second kappa shape index (κ2) is 6.92. The number of non-ortho nitro benzene ring substituents is 1. The molecule has 0 fully saturated rings. The summed E-state index contributed by atoms with van der Waals surface area (Å²) in [7, 11) is 1.27. The molecule has 0 aliphatic rings. The number of thiophene rings is 1. The van der Waals surface area contributed by atoms with E-state index in [2.05, 4.69) is 9.97 Å². The summed E-state index contributed by atoms with van der Waals surface area (Å²) < 4.78 is 10.2. The standard InChI is InChI=1S/C16H13N3O6S/c1-8-12-14(20)17-11(18-15(12)26-13(8)16(21)24-2)7-25-10-5-3-9(4-6-10)19(22)23/h3-6H,7H2,1-2H3,(H,17,18,20). The predicted molar refractivity (Wildman–Crippen MR) is 93.7 cm³/mol. The van der Waals surface area contributed by atoms with E-state index in [9.17, 15) is 19.7 Å². The molecule has 0 aliphatic heterocycles. The molecular formula is C16H13N3O6S. The number of carbonyl (C=O) groups excluding carboxylic acids is 1. The summed E-state index contributed by atoms with van der Waals surface area (Å²) >= 11 is 1.08. The number of ether oxygens (including phenoxy) is 2. The number of nitrogens with zero attached hydrogens (tertiary/aromatic N) is 2. The number of aromatic amines is 1. The molecule has 0 aliphatic carbocycles. The van der Waals surface area contributed by atoms with Crippen LogP contribution in [0.1, 0.15) is 21.1 Å². The van der Waals surface area contributed by atoms with Crippen LogP contribution >= 0.6 is 11.3 Å². The van der Waals surface area contributed by atoms with Crippen LogP contribution in [-0.2, 0) is 11.3 Å². The van der Waals surface area contributed by atoms with Crippen LogP contribution < -0.4 is 10.3 Å². The first kappa shape index (κ1) is 17.5. The van der Waals surface area contributed by atoms with Gasteiger partial charge in [-0.05, 0) is 24.6 Å². The van der Waals surface area contributed by atoms with E-state index >= 15 is 0 Å². The zero-order valence-electron chi connectivity index (χ0n) is 13.8. The minimum atomic E-state index is -0.520. The Hall–Kier alpha value is -3.27. The number of aryl methyl sites for hydroxylation is 1. The Morgan fingerprint density at radius 2 is 2.04 bits per heavy atom. The molecule has 10 heteroatoms. The smallest absolute Gasteiger partial charge is 0.348 e. The number of esters is 1. The lowest BCUT2D eigenvalue weighted by Crippen LogP contribution is -2.13. The van der Waals surface area contributed by atoms with Gasteiger partial charge >= 0.3 is 5.97 Å². The maximum absolute atomic E-state index is 12.3. The maximum atomic E-state index is 12.3. The Kier molecular flexibility index (Phi) is 4.67. The Morgan fingerprint density at radius 3 is 2.65 bits per heavy atom. The molecule has 0 saturated heterocycles. The second-order valence-electron chi connectivity index (χ2n) is 5.28. The van der Waals surface area contributed by atoms with Crippen LogP contribution in [0.4, 0.5) is 5.69 Å². The van der Waals surface area contributed by atoms with Crippen LogP contribution in [0.15, 0.2) is 29.1 Å². The highest BCUT2D eigenvalue weighted by Crippen LogP contribution is 2.27. The van der Waals surface area contributed by atoms with Gasteiger partial charge in [-0.3, -0.25) is 14.9 Å². The van der Waals surface area contributed by atoms with Gasteiger partial charge in [-0.15, -0.1) is 11.3 Å². The van der Waals surface area contributed by atoms with Crippen molar-refractivity contribution in [2.24, 2.45) is 0 Å². The van der Waals surface area contributed by atoms with Gasteiger partial charge in [0.2, 0.25) is 0 Å². The number of nitro benzene ring substituents is 1. The third kappa shape index (κ3) is 3.26. The number of rotatable bonds is 5. The second-order valence-corrected chi connectivity index (χ2v) is 6.28. The highest BCUT2D eigenvalue weighted by Gasteiger charge is 2.19. The number of fused-ring (bicyclic) bond motifs is 1. The molecule has 3 aromatic rings. The van der Waals surface area contributed by atoms with Crippen molar-refractivity contribution in [3.8, 4) is 5.75 Å². The fraction of sp³-hybridized carbons (Fsp3) is 0.188. The van der Waals surface area contributed by atoms with Crippen LogP contribution in [-0.4, -0.2) is 28.0 Å². The Balaban J connectivity index is 1.85. The van der Waals surface area contributed by atoms with Crippen LogP contribution in [0.5, 0.6) is 5.75 Å². The molecule has 2 aromatic heterocycles. The van der Waals surface area contributed by atoms with E-state index in [-0.39, 0.29) is 23.7 Å². The molecule has 0 radical (unpaired) electrons. The largest absolute Gasteiger partial charge is 0.486 e. The van der Waals surface area contributed by atoms with Gasteiger partial charge in [0.1, 0.15) is 27.9 Å². The fourth-order valence-electron chi connectivity index (χ4n) is 2.36. The summed E-state index contributed by atoms with van der Waals surface area (Å²) in [4.78, 5) is 41.9. The van der Waals surface area contributed by atoms with Gasteiger partial charge in [0, 0.05) is 12.1 Å². The zero-order valence-corrected chi connectivity index (χ0v) is 14.6. The van der Waals surface area contributed by atoms with Gasteiger partial charge in [0.25, 0.3) is 11.2 Å². The first-order valence-electron chi connectivity index (χ1n) is 7.38. The summed E-state index contributed by atoms with van der Waals surface area (Å²) in [6.07, 6.45) is 0. The molecule has 0 bridgehead atoms. The molecule has 0 unspecified atom stereocenters. The minimum absolute atomic E-state index is 0.0342. The number of nitrogens with one attached hydrogen (secondary N) is 1. The van der Waals surface area contributed by atoms with E-state index in [0.29, 0.717) is 26.4 Å². The fourth-order valence-corrected chi connectivity index (χ4v) is 3.48. The number of benzene rings is 1. The number of carbonyl (C=O) groups is 1. The molecule has 1 N–H and O–H groups in total. The Bertz CT molecular complexity index is 1050. The molecule has 9 nitrogen and oxygen atoms in total. The van der Waals surface area contributed by atoms with E-state index in [1.807, 2.05) is 0 Å². The molecule has 1 aromatic carbocycles. The van der Waals surface area contributed by atoms with Gasteiger partial charge < -0.3 is 14.5 Å². The van der Waals surface area contributed by atoms with Crippen molar-refractivity contribution in [3.63, 3.8) is 0 Å². The molecule has 0 spiro atoms. The molecule has 3 rings (SSSR count). The monoisotopic (exact) mass is 375 g/mol. The summed E-state index contributed by atoms with van der Waals surface area (Å²) in [5.74, 6) is 0.156. The highest BCUT2D eigenvalue weighted by molar-refractivity contribution is 7.20. The van der Waals surface area contributed by atoms with Crippen molar-refractivity contribution in [2.75, 3.05) is 7.11 Å². The SMILES string of the molecule is COC(=O)c1sc2nc(COc3ccc([N+](=O)[O-])cc3)[nH]c(=O)c2c1C. The third-order valence-electron chi connectivity index (χ3n) is 3.64. The Morgan fingerprint density at radius 1 is 1.35 bits per heavy atom. The lowest BCUT2D eigenvalue weighted by Gasteiger charge is -2.05. The van der Waals surface area contributed by atoms with E-state index in [1.54, 1.807) is 6.92 Å². The number of hydrogen-bond donors (Lipinski definition) is 1. The number of aromatic nitrogens is 2. The van der Waals surface area contributed by atoms with Gasteiger partial charge in [-0.2, -0.15) is 0 Å². The van der Waals surface area contributed by atoms with Crippen molar-refractivity contribution in [1.29, 1.82) is 0 Å². The lowest BCUT2D eigenvalue weighted by atomic mass is 10.2. The number of hydrogen-bond acceptors (Lipinski definition) is 8. The van der Waals surface area contributed by atoms with E-state index < -0.39 is 10.9 Å². The van der Waals surface area contributed by atoms with Crippen LogP contribution in [0, 0.1) is 17.0 Å². The predicted octanol–water partition coefficient (Wildman–Crippen LogP) is 2.57. The first-order valence-corrected chi connectivity index (χ1v) is 8.20. The highest BCUT2D eigenvalue weighted by atomic mass is 32.1. The number of nitro groups is 1. The van der Waals surface area contributed by atoms with Gasteiger partial charge in [0.15, 0.2) is 0 Å². The molecule has 2 heterocycles. The maximum Gasteiger partial charge on any atom is 0.348 e. The van der Waals surface area contributed by atoms with Crippen molar-refractivity contribution in [3.05, 3.63) is 61.0 Å². The van der Waals surface area contributed by atoms with Crippen molar-refractivity contribution >= 4 is 33.2 Å². The van der Waals surface area contributed by atoms with Gasteiger partial charge in [0.05, 0.1) is 17.4 Å². The summed E-state index contributed by atoms with van der Waals surface area (Å²) in [5.41, 5.74) is 0.101. The minimum Gasteiger partial charge on any atom is -0.486 e. The van der Waals surface area contributed by atoms with Gasteiger partial charge in [-0.25, -0.2) is 9.78 Å². The average Bonchev–Trinajstić information content (AvgIpc) is 2.96. The molecular weight excluding hydrogens is 362 g/mol. The molecule has 0 saturated carbocycles. The zero-order chi connectivity index (χ0) is 18.8. The van der Waals surface area contributed by atoms with E-state index in [0.717, 1.165) is 11.3 Å². The third-order valence-corrected chi connectivity index (χ3v) is 4.81. The molecule has 26 heavy (non-hydrogen) atoms. The van der Waals surface area contributed by atoms with E-state index in [4.69, 9.17) is 9.47 Å². The molecule has 0 atom stereocenters. The van der Waals surface area contributed by atoms with Crippen molar-refractivity contribution < 1.29 is 19.2 Å². The van der Waals surface area contributed by atoms with E-state index in [1.165, 1.54) is 31.4 Å². The summed E-state index contributed by atoms with van der Waals surface area (Å²) in [6, 6.07) is 5.55. The summed E-state index contributed by atoms with van der Waals surface area (Å²) in [6.45, 7) is 1.63. The number of methoxy groups -OCH3 is 1. The lowest BCUT2D eigenvalue weighted by molar-refractivity contribution is -0.384. The normalized spacial score (nSPS) is 10.7. The van der Waals surface area contributed by atoms with Crippen LogP contribution in [0.3, 0.4) is 0 Å². The van der Waals surface area contributed by atoms with Gasteiger partial charge in [-0.1, -0.05) is 0 Å². The van der Waals surface area contributed by atoms with Crippen molar-refractivity contribution in [1.82, 2.24) is 9.97 Å². The number of H-pyrrole nitrogens is 1. The average molecular weight is 375 g/mol. The first-order chi connectivity index (χ1) is 12.4. The van der Waals surface area contributed by atoms with Crippen molar-refractivity contribution in [2.45, 2.75) is 13.5 Å². The van der Waals surface area contributed by atoms with Crippen LogP contribution in [0.2, 0.25) is 0 Å².